The third-order valence-corrected chi connectivity index (χ3v) is 3.31. The molecule has 3 N–H and O–H groups in total. The quantitative estimate of drug-likeness (QED) is 0.723. The molecule has 21 heavy (non-hydrogen) atoms. The maximum atomic E-state index is 12.0. The van der Waals surface area contributed by atoms with Gasteiger partial charge in [0.1, 0.15) is 0 Å². The Balaban J connectivity index is 0.00000220. The second-order valence-corrected chi connectivity index (χ2v) is 5.25. The number of fused-ring (bicyclic) bond motifs is 1. The monoisotopic (exact) mass is 311 g/mol. The van der Waals surface area contributed by atoms with Gasteiger partial charge in [-0.2, -0.15) is 0 Å². The molecule has 0 spiro atoms. The van der Waals surface area contributed by atoms with Crippen molar-refractivity contribution in [2.75, 3.05) is 25.0 Å². The molecule has 2 amide bonds. The van der Waals surface area contributed by atoms with E-state index in [1.165, 1.54) is 5.56 Å². The van der Waals surface area contributed by atoms with Crippen LogP contribution in [0.25, 0.3) is 0 Å². The fraction of sp³-hybridized carbons (Fsp3) is 0.467. The minimum absolute atomic E-state index is 0. The molecule has 1 aromatic carbocycles. The predicted molar refractivity (Wildman–Crippen MR) is 86.1 cm³/mol. The van der Waals surface area contributed by atoms with Crippen LogP contribution in [0.2, 0.25) is 0 Å². The van der Waals surface area contributed by atoms with E-state index < -0.39 is 0 Å². The molecule has 6 heteroatoms. The lowest BCUT2D eigenvalue weighted by Gasteiger charge is -2.09. The summed E-state index contributed by atoms with van der Waals surface area (Å²) < 4.78 is 0. The van der Waals surface area contributed by atoms with Gasteiger partial charge in [0.2, 0.25) is 5.91 Å². The van der Waals surface area contributed by atoms with Crippen LogP contribution in [0.3, 0.4) is 0 Å². The van der Waals surface area contributed by atoms with Crippen LogP contribution in [0.5, 0.6) is 0 Å². The number of rotatable bonds is 5. The number of hydrogen-bond acceptors (Lipinski definition) is 3. The topological polar surface area (TPSA) is 70.2 Å². The smallest absolute Gasteiger partial charge is 0.251 e. The average molecular weight is 312 g/mol. The van der Waals surface area contributed by atoms with Gasteiger partial charge in [-0.05, 0) is 30.2 Å². The number of hydrogen-bond donors (Lipinski definition) is 3. The van der Waals surface area contributed by atoms with Crippen molar-refractivity contribution in [3.63, 3.8) is 0 Å². The molecule has 0 atom stereocenters. The Morgan fingerprint density at radius 3 is 2.67 bits per heavy atom. The molecule has 116 valence electrons. The largest absolute Gasteiger partial charge is 0.384 e. The normalized spacial score (nSPS) is 12.1. The summed E-state index contributed by atoms with van der Waals surface area (Å²) in [5.74, 6) is -0.128. The molecule has 0 unspecified atom stereocenters. The van der Waals surface area contributed by atoms with E-state index in [9.17, 15) is 9.59 Å². The van der Waals surface area contributed by atoms with Gasteiger partial charge in [-0.1, -0.05) is 13.8 Å². The highest BCUT2D eigenvalue weighted by Crippen LogP contribution is 2.22. The van der Waals surface area contributed by atoms with Crippen LogP contribution in [0, 0.1) is 5.92 Å². The fourth-order valence-electron chi connectivity index (χ4n) is 2.11. The molecule has 0 bridgehead atoms. The number of carbonyl (C=O) groups excluding carboxylic acids is 2. The van der Waals surface area contributed by atoms with Gasteiger partial charge >= 0.3 is 0 Å². The molecule has 1 heterocycles. The highest BCUT2D eigenvalue weighted by atomic mass is 35.5. The van der Waals surface area contributed by atoms with Crippen LogP contribution in [0.1, 0.15) is 29.8 Å². The molecule has 1 aromatic rings. The molecule has 0 fully saturated rings. The molecular weight excluding hydrogens is 290 g/mol. The molecule has 1 aliphatic heterocycles. The summed E-state index contributed by atoms with van der Waals surface area (Å²) in [4.78, 5) is 23.3. The number of halogens is 1. The molecule has 0 aromatic heterocycles. The van der Waals surface area contributed by atoms with Crippen molar-refractivity contribution in [1.82, 2.24) is 10.6 Å². The predicted octanol–water partition coefficient (Wildman–Crippen LogP) is 1.58. The minimum Gasteiger partial charge on any atom is -0.384 e. The Kier molecular flexibility index (Phi) is 6.49. The fourth-order valence-corrected chi connectivity index (χ4v) is 2.11. The van der Waals surface area contributed by atoms with Crippen molar-refractivity contribution in [1.29, 1.82) is 0 Å². The average Bonchev–Trinajstić information content (AvgIpc) is 2.90. The molecule has 0 radical (unpaired) electrons. The van der Waals surface area contributed by atoms with Crippen LogP contribution in [-0.4, -0.2) is 31.4 Å². The van der Waals surface area contributed by atoms with Crippen LogP contribution in [-0.2, 0) is 11.2 Å². The lowest BCUT2D eigenvalue weighted by atomic mass is 10.1. The third kappa shape index (κ3) is 4.63. The van der Waals surface area contributed by atoms with E-state index in [0.717, 1.165) is 18.7 Å². The summed E-state index contributed by atoms with van der Waals surface area (Å²) in [7, 11) is 0. The van der Waals surface area contributed by atoms with Crippen LogP contribution >= 0.6 is 12.4 Å². The molecule has 0 aliphatic carbocycles. The van der Waals surface area contributed by atoms with Crippen molar-refractivity contribution < 1.29 is 9.59 Å². The third-order valence-electron chi connectivity index (χ3n) is 3.31. The molecular formula is C15H22ClN3O2. The van der Waals surface area contributed by atoms with Gasteiger partial charge in [-0.15, -0.1) is 12.4 Å². The van der Waals surface area contributed by atoms with Gasteiger partial charge in [-0.25, -0.2) is 0 Å². The summed E-state index contributed by atoms with van der Waals surface area (Å²) in [6.45, 7) is 5.50. The van der Waals surface area contributed by atoms with Gasteiger partial charge in [0.05, 0.1) is 0 Å². The highest BCUT2D eigenvalue weighted by molar-refractivity contribution is 5.95. The maximum absolute atomic E-state index is 12.0. The Morgan fingerprint density at radius 2 is 1.95 bits per heavy atom. The Labute approximate surface area is 131 Å². The first-order chi connectivity index (χ1) is 9.58. The second-order valence-electron chi connectivity index (χ2n) is 5.25. The molecule has 2 rings (SSSR count). The van der Waals surface area contributed by atoms with E-state index in [2.05, 4.69) is 16.0 Å². The van der Waals surface area contributed by atoms with Gasteiger partial charge in [0.25, 0.3) is 5.91 Å². The zero-order chi connectivity index (χ0) is 14.5. The van der Waals surface area contributed by atoms with Gasteiger partial charge in [0, 0.05) is 36.8 Å². The maximum Gasteiger partial charge on any atom is 0.251 e. The molecule has 0 saturated heterocycles. The zero-order valence-electron chi connectivity index (χ0n) is 12.4. The summed E-state index contributed by atoms with van der Waals surface area (Å²) in [6.07, 6.45) is 0.959. The lowest BCUT2D eigenvalue weighted by Crippen LogP contribution is -2.36. The number of anilines is 1. The first kappa shape index (κ1) is 17.3. The number of nitrogens with one attached hydrogen (secondary N) is 3. The first-order valence-electron chi connectivity index (χ1n) is 7.00. The van der Waals surface area contributed by atoms with Crippen molar-refractivity contribution in [3.05, 3.63) is 29.3 Å². The SMILES string of the molecule is CC(C)C(=O)NCCNC(=O)c1ccc2c(c1)CCN2.Cl. The second kappa shape index (κ2) is 7.88. The summed E-state index contributed by atoms with van der Waals surface area (Å²) in [5.41, 5.74) is 2.97. The van der Waals surface area contributed by atoms with Crippen molar-refractivity contribution in [3.8, 4) is 0 Å². The van der Waals surface area contributed by atoms with Gasteiger partial charge in [0.15, 0.2) is 0 Å². The number of amides is 2. The van der Waals surface area contributed by atoms with Crippen molar-refractivity contribution >= 4 is 29.9 Å². The standard InChI is InChI=1S/C15H21N3O2.ClH/c1-10(2)14(19)17-7-8-18-15(20)12-3-4-13-11(9-12)5-6-16-13;/h3-4,9-10,16H,5-8H2,1-2H3,(H,17,19)(H,18,20);1H. The molecule has 0 saturated carbocycles. The summed E-state index contributed by atoms with van der Waals surface area (Å²) in [5, 5.41) is 8.84. The van der Waals surface area contributed by atoms with Crippen LogP contribution in [0.4, 0.5) is 5.69 Å². The van der Waals surface area contributed by atoms with Crippen LogP contribution in [0.15, 0.2) is 18.2 Å². The summed E-state index contributed by atoms with van der Waals surface area (Å²) in [6, 6.07) is 5.69. The van der Waals surface area contributed by atoms with E-state index in [0.29, 0.717) is 18.7 Å². The highest BCUT2D eigenvalue weighted by Gasteiger charge is 2.13. The van der Waals surface area contributed by atoms with E-state index in [-0.39, 0.29) is 30.1 Å². The molecule has 1 aliphatic rings. The minimum atomic E-state index is -0.0986. The molecule has 5 nitrogen and oxygen atoms in total. The van der Waals surface area contributed by atoms with Crippen LogP contribution < -0.4 is 16.0 Å². The van der Waals surface area contributed by atoms with Gasteiger partial charge in [-0.3, -0.25) is 9.59 Å². The Hall–Kier alpha value is -1.75. The summed E-state index contributed by atoms with van der Waals surface area (Å²) >= 11 is 0. The number of carbonyl (C=O) groups is 2. The Bertz CT molecular complexity index is 518. The number of benzene rings is 1. The first-order valence-corrected chi connectivity index (χ1v) is 7.00. The van der Waals surface area contributed by atoms with Crippen molar-refractivity contribution in [2.24, 2.45) is 5.92 Å². The van der Waals surface area contributed by atoms with E-state index in [4.69, 9.17) is 0 Å². The van der Waals surface area contributed by atoms with E-state index in [1.54, 1.807) is 0 Å². The van der Waals surface area contributed by atoms with Crippen molar-refractivity contribution in [2.45, 2.75) is 20.3 Å². The Morgan fingerprint density at radius 1 is 1.24 bits per heavy atom. The van der Waals surface area contributed by atoms with E-state index in [1.807, 2.05) is 32.0 Å². The lowest BCUT2D eigenvalue weighted by molar-refractivity contribution is -0.123. The van der Waals surface area contributed by atoms with E-state index >= 15 is 0 Å². The van der Waals surface area contributed by atoms with Gasteiger partial charge < -0.3 is 16.0 Å². The zero-order valence-corrected chi connectivity index (χ0v) is 13.2.